The molecule has 2 heterocycles. The van der Waals surface area contributed by atoms with Crippen molar-refractivity contribution >= 4 is 22.6 Å². The summed E-state index contributed by atoms with van der Waals surface area (Å²) >= 11 is 0. The molecule has 2 aromatic carbocycles. The number of aromatic nitrogens is 2. The standard InChI is InChI=1S/C26H34BN3O4S/c1-18(2)7-12-21-17-24(30(29-21)22-13-15-23(16-14-22)35(28,31)32)19-8-10-20(11-9-19)27-33-25(3,4)26(5,6)34-27/h8-11,13-18H,7,12H2,1-6H3,(H2,28,31,32). The molecule has 0 atom stereocenters. The van der Waals surface area contributed by atoms with E-state index in [2.05, 4.69) is 19.9 Å². The van der Waals surface area contributed by atoms with Gasteiger partial charge in [-0.15, -0.1) is 0 Å². The van der Waals surface area contributed by atoms with Crippen molar-refractivity contribution in [3.63, 3.8) is 0 Å². The van der Waals surface area contributed by atoms with Gasteiger partial charge in [-0.25, -0.2) is 18.2 Å². The Labute approximate surface area is 208 Å². The van der Waals surface area contributed by atoms with E-state index in [4.69, 9.17) is 19.5 Å². The average molecular weight is 495 g/mol. The molecule has 0 saturated carbocycles. The van der Waals surface area contributed by atoms with E-state index in [0.717, 1.165) is 40.9 Å². The van der Waals surface area contributed by atoms with E-state index >= 15 is 0 Å². The molecule has 1 saturated heterocycles. The van der Waals surface area contributed by atoms with Crippen molar-refractivity contribution in [3.05, 3.63) is 60.3 Å². The van der Waals surface area contributed by atoms with Gasteiger partial charge in [0.25, 0.3) is 0 Å². The van der Waals surface area contributed by atoms with Gasteiger partial charge in [0.05, 0.1) is 33.2 Å². The highest BCUT2D eigenvalue weighted by molar-refractivity contribution is 7.89. The van der Waals surface area contributed by atoms with Crippen LogP contribution >= 0.6 is 0 Å². The number of hydrogen-bond donors (Lipinski definition) is 1. The van der Waals surface area contributed by atoms with Crippen molar-refractivity contribution in [2.75, 3.05) is 0 Å². The lowest BCUT2D eigenvalue weighted by Gasteiger charge is -2.32. The predicted octanol–water partition coefficient (Wildman–Crippen LogP) is 4.07. The van der Waals surface area contributed by atoms with Crippen LogP contribution in [0.2, 0.25) is 0 Å². The molecule has 4 rings (SSSR count). The van der Waals surface area contributed by atoms with Crippen LogP contribution < -0.4 is 10.6 Å². The van der Waals surface area contributed by atoms with E-state index in [1.165, 1.54) is 12.1 Å². The Morgan fingerprint density at radius 1 is 0.971 bits per heavy atom. The Morgan fingerprint density at radius 3 is 2.06 bits per heavy atom. The molecule has 1 aliphatic heterocycles. The smallest absolute Gasteiger partial charge is 0.399 e. The van der Waals surface area contributed by atoms with E-state index in [1.54, 1.807) is 12.1 Å². The number of benzene rings is 2. The third kappa shape index (κ3) is 5.38. The number of hydrogen-bond acceptors (Lipinski definition) is 5. The van der Waals surface area contributed by atoms with Gasteiger partial charge in [0.15, 0.2) is 0 Å². The van der Waals surface area contributed by atoms with Gasteiger partial charge in [0, 0.05) is 5.56 Å². The van der Waals surface area contributed by atoms with E-state index in [0.29, 0.717) is 5.92 Å². The number of aryl methyl sites for hydroxylation is 1. The van der Waals surface area contributed by atoms with Crippen molar-refractivity contribution in [2.45, 2.75) is 70.5 Å². The SMILES string of the molecule is CC(C)CCc1cc(-c2ccc(B3OC(C)(C)C(C)(C)O3)cc2)n(-c2ccc(S(N)(=O)=O)cc2)n1. The minimum absolute atomic E-state index is 0.0711. The summed E-state index contributed by atoms with van der Waals surface area (Å²) < 4.78 is 37.6. The first-order valence-corrected chi connectivity index (χ1v) is 13.5. The second kappa shape index (κ2) is 9.20. The minimum atomic E-state index is -3.76. The largest absolute Gasteiger partial charge is 0.494 e. The number of nitrogens with zero attached hydrogens (tertiary/aromatic N) is 2. The van der Waals surface area contributed by atoms with Crippen LogP contribution in [0, 0.1) is 5.92 Å². The van der Waals surface area contributed by atoms with Crippen molar-refractivity contribution in [3.8, 4) is 16.9 Å². The summed E-state index contributed by atoms with van der Waals surface area (Å²) in [5.41, 5.74) is 3.82. The zero-order chi connectivity index (χ0) is 25.6. The maximum Gasteiger partial charge on any atom is 0.494 e. The van der Waals surface area contributed by atoms with Crippen LogP contribution in [0.3, 0.4) is 0 Å². The maximum absolute atomic E-state index is 11.7. The minimum Gasteiger partial charge on any atom is -0.399 e. The molecule has 1 fully saturated rings. The third-order valence-corrected chi connectivity index (χ3v) is 7.81. The zero-order valence-corrected chi connectivity index (χ0v) is 22.1. The van der Waals surface area contributed by atoms with E-state index in [9.17, 15) is 8.42 Å². The molecule has 9 heteroatoms. The molecule has 0 spiro atoms. The van der Waals surface area contributed by atoms with Crippen LogP contribution in [-0.2, 0) is 25.8 Å². The van der Waals surface area contributed by atoms with Gasteiger partial charge in [-0.2, -0.15) is 5.10 Å². The molecule has 7 nitrogen and oxygen atoms in total. The van der Waals surface area contributed by atoms with Crippen LogP contribution in [-0.4, -0.2) is 36.5 Å². The van der Waals surface area contributed by atoms with Gasteiger partial charge < -0.3 is 9.31 Å². The van der Waals surface area contributed by atoms with Crippen LogP contribution in [0.4, 0.5) is 0 Å². The van der Waals surface area contributed by atoms with Gasteiger partial charge in [-0.3, -0.25) is 0 Å². The highest BCUT2D eigenvalue weighted by atomic mass is 32.2. The summed E-state index contributed by atoms with van der Waals surface area (Å²) in [7, 11) is -4.18. The summed E-state index contributed by atoms with van der Waals surface area (Å²) in [6, 6.07) is 16.7. The molecule has 0 radical (unpaired) electrons. The number of sulfonamides is 1. The van der Waals surface area contributed by atoms with Crippen molar-refractivity contribution in [2.24, 2.45) is 11.1 Å². The lowest BCUT2D eigenvalue weighted by Crippen LogP contribution is -2.41. The maximum atomic E-state index is 11.7. The van der Waals surface area contributed by atoms with Gasteiger partial charge in [0.1, 0.15) is 0 Å². The van der Waals surface area contributed by atoms with Crippen molar-refractivity contribution in [1.82, 2.24) is 9.78 Å². The molecule has 0 bridgehead atoms. The molecular formula is C26H34BN3O4S. The predicted molar refractivity (Wildman–Crippen MR) is 139 cm³/mol. The van der Waals surface area contributed by atoms with Crippen LogP contribution in [0.15, 0.2) is 59.5 Å². The molecule has 2 N–H and O–H groups in total. The fraction of sp³-hybridized carbons (Fsp3) is 0.423. The second-order valence-electron chi connectivity index (χ2n) is 10.6. The first-order valence-electron chi connectivity index (χ1n) is 11.9. The van der Waals surface area contributed by atoms with E-state index in [-0.39, 0.29) is 4.90 Å². The summed E-state index contributed by atoms with van der Waals surface area (Å²) in [6.45, 7) is 12.6. The van der Waals surface area contributed by atoms with Crippen molar-refractivity contribution in [1.29, 1.82) is 0 Å². The molecular weight excluding hydrogens is 461 g/mol. The normalized spacial score (nSPS) is 17.3. The molecule has 0 amide bonds. The summed E-state index contributed by atoms with van der Waals surface area (Å²) in [4.78, 5) is 0.0711. The Kier molecular flexibility index (Phi) is 6.74. The topological polar surface area (TPSA) is 96.4 Å². The summed E-state index contributed by atoms with van der Waals surface area (Å²) in [6.07, 6.45) is 1.89. The van der Waals surface area contributed by atoms with E-state index < -0.39 is 28.3 Å². The zero-order valence-electron chi connectivity index (χ0n) is 21.3. The van der Waals surface area contributed by atoms with E-state index in [1.807, 2.05) is 56.6 Å². The van der Waals surface area contributed by atoms with Crippen LogP contribution in [0.5, 0.6) is 0 Å². The van der Waals surface area contributed by atoms with Gasteiger partial charge in [0.2, 0.25) is 10.0 Å². The molecule has 35 heavy (non-hydrogen) atoms. The molecule has 0 aliphatic carbocycles. The first-order chi connectivity index (χ1) is 16.3. The third-order valence-electron chi connectivity index (χ3n) is 6.88. The number of rotatable bonds is 7. The lowest BCUT2D eigenvalue weighted by molar-refractivity contribution is 0.00578. The molecule has 3 aromatic rings. The fourth-order valence-electron chi connectivity index (χ4n) is 3.96. The summed E-state index contributed by atoms with van der Waals surface area (Å²) in [5, 5.41) is 10.1. The van der Waals surface area contributed by atoms with Crippen molar-refractivity contribution < 1.29 is 17.7 Å². The van der Waals surface area contributed by atoms with Gasteiger partial charge in [-0.05, 0) is 82.2 Å². The fourth-order valence-corrected chi connectivity index (χ4v) is 4.47. The first kappa shape index (κ1) is 25.6. The van der Waals surface area contributed by atoms with Gasteiger partial charge >= 0.3 is 7.12 Å². The molecule has 186 valence electrons. The summed E-state index contributed by atoms with van der Waals surface area (Å²) in [5.74, 6) is 0.567. The Morgan fingerprint density at radius 2 is 1.54 bits per heavy atom. The average Bonchev–Trinajstić information content (AvgIpc) is 3.29. The van der Waals surface area contributed by atoms with Crippen LogP contribution in [0.25, 0.3) is 16.9 Å². The second-order valence-corrected chi connectivity index (χ2v) is 12.2. The number of primary sulfonamides is 1. The molecule has 1 aliphatic rings. The Balaban J connectivity index is 1.68. The quantitative estimate of drug-likeness (QED) is 0.499. The monoisotopic (exact) mass is 495 g/mol. The lowest BCUT2D eigenvalue weighted by atomic mass is 9.79. The number of nitrogens with two attached hydrogens (primary N) is 1. The van der Waals surface area contributed by atoms with Gasteiger partial charge in [-0.1, -0.05) is 38.1 Å². The Hall–Kier alpha value is -2.46. The highest BCUT2D eigenvalue weighted by Crippen LogP contribution is 2.36. The highest BCUT2D eigenvalue weighted by Gasteiger charge is 2.51. The molecule has 0 unspecified atom stereocenters. The molecule has 1 aromatic heterocycles. The Bertz CT molecular complexity index is 1280. The van der Waals surface area contributed by atoms with Crippen LogP contribution in [0.1, 0.15) is 53.7 Å².